The van der Waals surface area contributed by atoms with Gasteiger partial charge in [0.05, 0.1) is 17.0 Å². The number of carbonyl (C=O) groups excluding carboxylic acids is 3. The van der Waals surface area contributed by atoms with E-state index in [1.54, 1.807) is 25.7 Å². The second-order valence-electron chi connectivity index (χ2n) is 10.3. The summed E-state index contributed by atoms with van der Waals surface area (Å²) in [7, 11) is 0. The fraction of sp³-hybridized carbons (Fsp3) is 0.333. The van der Waals surface area contributed by atoms with Crippen LogP contribution in [0.4, 0.5) is 10.5 Å². The number of halogens is 1. The molecular formula is C27H28ClN5O7. The van der Waals surface area contributed by atoms with Gasteiger partial charge in [-0.15, -0.1) is 0 Å². The summed E-state index contributed by atoms with van der Waals surface area (Å²) in [5, 5.41) is 12.4. The molecule has 0 aliphatic carbocycles. The van der Waals surface area contributed by atoms with E-state index in [1.807, 2.05) is 0 Å². The number of ether oxygens (including phenoxy) is 1. The molecule has 1 aliphatic heterocycles. The summed E-state index contributed by atoms with van der Waals surface area (Å²) in [6.07, 6.45) is 0.593. The van der Waals surface area contributed by atoms with Gasteiger partial charge in [0, 0.05) is 35.6 Å². The highest BCUT2D eigenvalue weighted by Crippen LogP contribution is 2.22. The van der Waals surface area contributed by atoms with Crippen LogP contribution in [0.3, 0.4) is 0 Å². The number of non-ortho nitro benzene ring substituents is 1. The van der Waals surface area contributed by atoms with Crippen molar-refractivity contribution < 1.29 is 24.0 Å². The number of nitrogens with one attached hydrogen (secondary N) is 2. The summed E-state index contributed by atoms with van der Waals surface area (Å²) in [5.41, 5.74) is 0.568. The van der Waals surface area contributed by atoms with E-state index in [4.69, 9.17) is 16.3 Å². The lowest BCUT2D eigenvalue weighted by molar-refractivity contribution is -0.384. The average Bonchev–Trinajstić information content (AvgIpc) is 3.41. The predicted octanol–water partition coefficient (Wildman–Crippen LogP) is 4.41. The quantitative estimate of drug-likeness (QED) is 0.340. The molecule has 3 amide bonds. The number of benzene rings is 2. The van der Waals surface area contributed by atoms with Gasteiger partial charge in [-0.2, -0.15) is 0 Å². The van der Waals surface area contributed by atoms with Gasteiger partial charge >= 0.3 is 6.09 Å². The highest BCUT2D eigenvalue weighted by Gasteiger charge is 2.32. The van der Waals surface area contributed by atoms with Gasteiger partial charge in [-0.05, 0) is 57.4 Å². The number of likely N-dealkylation sites (tertiary alicyclic amines) is 1. The van der Waals surface area contributed by atoms with Crippen LogP contribution in [0.15, 0.2) is 47.3 Å². The van der Waals surface area contributed by atoms with E-state index in [1.165, 1.54) is 42.5 Å². The van der Waals surface area contributed by atoms with Gasteiger partial charge in [0.2, 0.25) is 5.43 Å². The van der Waals surface area contributed by atoms with Crippen molar-refractivity contribution >= 4 is 46.1 Å². The van der Waals surface area contributed by atoms with E-state index in [2.05, 4.69) is 10.4 Å². The first-order valence-electron chi connectivity index (χ1n) is 12.5. The maximum absolute atomic E-state index is 14.0. The Morgan fingerprint density at radius 3 is 2.38 bits per heavy atom. The molecule has 4 rings (SSSR count). The summed E-state index contributed by atoms with van der Waals surface area (Å²) in [4.78, 5) is 68.9. The van der Waals surface area contributed by atoms with Gasteiger partial charge in [-0.25, -0.2) is 15.2 Å². The molecule has 1 aromatic heterocycles. The number of aromatic nitrogens is 1. The van der Waals surface area contributed by atoms with Crippen LogP contribution < -0.4 is 10.9 Å². The fourth-order valence-corrected chi connectivity index (χ4v) is 4.49. The number of pyridine rings is 1. The zero-order chi connectivity index (χ0) is 29.2. The standard InChI is InChI=1S/C27H28ClN5O7/c1-27(2,3)40-26(37)30-32(15-16-6-9-18(10-7-16)33(38)39)24(35)21-22(25(36)31-12-4-5-13-31)29-20-14-17(28)8-11-19(20)23(21)34/h6-11,14H,4-5,12-13,15H2,1-3H3,(H,29,34)(H,30,37). The smallest absolute Gasteiger partial charge is 0.426 e. The third-order valence-electron chi connectivity index (χ3n) is 6.14. The largest absolute Gasteiger partial charge is 0.443 e. The normalized spacial score (nSPS) is 13.2. The van der Waals surface area contributed by atoms with Crippen molar-refractivity contribution in [1.29, 1.82) is 0 Å². The molecule has 0 atom stereocenters. The Morgan fingerprint density at radius 1 is 1.12 bits per heavy atom. The van der Waals surface area contributed by atoms with E-state index >= 15 is 0 Å². The number of H-pyrrole nitrogens is 1. The number of rotatable bonds is 5. The van der Waals surface area contributed by atoms with Crippen LogP contribution in [0.2, 0.25) is 5.02 Å². The molecule has 2 heterocycles. The Labute approximate surface area is 234 Å². The van der Waals surface area contributed by atoms with Gasteiger partial charge in [-0.3, -0.25) is 24.5 Å². The van der Waals surface area contributed by atoms with Crippen molar-refractivity contribution in [2.45, 2.75) is 45.8 Å². The van der Waals surface area contributed by atoms with Gasteiger partial charge in [0.25, 0.3) is 17.5 Å². The van der Waals surface area contributed by atoms with Gasteiger partial charge in [0.1, 0.15) is 16.9 Å². The Hall–Kier alpha value is -4.45. The summed E-state index contributed by atoms with van der Waals surface area (Å²) in [6, 6.07) is 9.75. The zero-order valence-electron chi connectivity index (χ0n) is 22.2. The number of carbonyl (C=O) groups is 3. The molecule has 3 aromatic rings. The Morgan fingerprint density at radius 2 is 1.77 bits per heavy atom. The summed E-state index contributed by atoms with van der Waals surface area (Å²) < 4.78 is 5.31. The first-order chi connectivity index (χ1) is 18.8. The molecule has 40 heavy (non-hydrogen) atoms. The second-order valence-corrected chi connectivity index (χ2v) is 10.8. The maximum Gasteiger partial charge on any atom is 0.426 e. The number of hydrazine groups is 1. The molecule has 1 fully saturated rings. The third kappa shape index (κ3) is 6.40. The minimum atomic E-state index is -0.973. The number of hydrogen-bond acceptors (Lipinski definition) is 7. The SMILES string of the molecule is CC(C)(C)OC(=O)NN(Cc1ccc([N+](=O)[O-])cc1)C(=O)c1c(C(=O)N2CCCC2)[nH]c2cc(Cl)ccc2c1=O. The predicted molar refractivity (Wildman–Crippen MR) is 147 cm³/mol. The Kier molecular flexibility index (Phi) is 8.10. The van der Waals surface area contributed by atoms with Crippen LogP contribution >= 0.6 is 11.6 Å². The molecule has 2 aromatic carbocycles. The minimum absolute atomic E-state index is 0.123. The summed E-state index contributed by atoms with van der Waals surface area (Å²) in [6.45, 7) is 5.56. The number of nitro groups is 1. The molecule has 1 aliphatic rings. The van der Waals surface area contributed by atoms with E-state index in [0.717, 1.165) is 17.9 Å². The van der Waals surface area contributed by atoms with E-state index in [9.17, 15) is 29.3 Å². The van der Waals surface area contributed by atoms with Crippen molar-refractivity contribution in [1.82, 2.24) is 20.3 Å². The molecule has 0 bridgehead atoms. The van der Waals surface area contributed by atoms with Crippen molar-refractivity contribution in [3.05, 3.63) is 84.6 Å². The molecule has 2 N–H and O–H groups in total. The molecular weight excluding hydrogens is 542 g/mol. The van der Waals surface area contributed by atoms with E-state index in [0.29, 0.717) is 23.7 Å². The highest BCUT2D eigenvalue weighted by molar-refractivity contribution is 6.31. The molecule has 0 saturated carbocycles. The topological polar surface area (TPSA) is 155 Å². The molecule has 1 saturated heterocycles. The van der Waals surface area contributed by atoms with Crippen molar-refractivity contribution in [3.8, 4) is 0 Å². The number of nitrogens with zero attached hydrogens (tertiary/aromatic N) is 3. The average molecular weight is 570 g/mol. The van der Waals surface area contributed by atoms with Crippen LogP contribution in [-0.2, 0) is 11.3 Å². The van der Waals surface area contributed by atoms with Gasteiger partial charge in [-0.1, -0.05) is 23.7 Å². The van der Waals surface area contributed by atoms with E-state index in [-0.39, 0.29) is 28.8 Å². The minimum Gasteiger partial charge on any atom is -0.443 e. The number of amides is 3. The monoisotopic (exact) mass is 569 g/mol. The fourth-order valence-electron chi connectivity index (χ4n) is 4.32. The molecule has 210 valence electrons. The lowest BCUT2D eigenvalue weighted by atomic mass is 10.1. The van der Waals surface area contributed by atoms with Crippen LogP contribution in [0.5, 0.6) is 0 Å². The van der Waals surface area contributed by atoms with Crippen LogP contribution in [0.1, 0.15) is 60.0 Å². The molecule has 0 radical (unpaired) electrons. The lowest BCUT2D eigenvalue weighted by Crippen LogP contribution is -2.49. The van der Waals surface area contributed by atoms with Crippen LogP contribution in [0.25, 0.3) is 10.9 Å². The molecule has 0 spiro atoms. The van der Waals surface area contributed by atoms with Crippen LogP contribution in [-0.4, -0.2) is 56.4 Å². The van der Waals surface area contributed by atoms with E-state index < -0.39 is 39.4 Å². The summed E-state index contributed by atoms with van der Waals surface area (Å²) in [5.74, 6) is -1.50. The lowest BCUT2D eigenvalue weighted by Gasteiger charge is -2.27. The van der Waals surface area contributed by atoms with Crippen molar-refractivity contribution in [2.24, 2.45) is 0 Å². The molecule has 0 unspecified atom stereocenters. The van der Waals surface area contributed by atoms with Crippen molar-refractivity contribution in [2.75, 3.05) is 13.1 Å². The molecule has 12 nitrogen and oxygen atoms in total. The third-order valence-corrected chi connectivity index (χ3v) is 6.38. The Bertz CT molecular complexity index is 1540. The van der Waals surface area contributed by atoms with Crippen molar-refractivity contribution in [3.63, 3.8) is 0 Å². The van der Waals surface area contributed by atoms with Gasteiger partial charge in [0.15, 0.2) is 0 Å². The maximum atomic E-state index is 14.0. The Balaban J connectivity index is 1.82. The first kappa shape index (κ1) is 28.6. The number of nitro benzene ring substituents is 1. The zero-order valence-corrected chi connectivity index (χ0v) is 22.9. The highest BCUT2D eigenvalue weighted by atomic mass is 35.5. The van der Waals surface area contributed by atoms with Gasteiger partial charge < -0.3 is 14.6 Å². The number of hydrogen-bond donors (Lipinski definition) is 2. The summed E-state index contributed by atoms with van der Waals surface area (Å²) >= 11 is 6.12. The number of aromatic amines is 1. The van der Waals surface area contributed by atoms with Crippen LogP contribution in [0, 0.1) is 10.1 Å². The first-order valence-corrected chi connectivity index (χ1v) is 12.9. The number of fused-ring (bicyclic) bond motifs is 1. The molecule has 13 heteroatoms. The second kappa shape index (κ2) is 11.3.